The van der Waals surface area contributed by atoms with Gasteiger partial charge in [-0.3, -0.25) is 0 Å². The number of nitrogens with zero attached hydrogens (tertiary/aromatic N) is 1. The fourth-order valence-electron chi connectivity index (χ4n) is 0.788. The molecule has 1 aromatic rings. The van der Waals surface area contributed by atoms with Crippen LogP contribution in [-0.4, -0.2) is 13.4 Å². The Morgan fingerprint density at radius 3 is 2.42 bits per heavy atom. The van der Waals surface area contributed by atoms with Gasteiger partial charge in [0, 0.05) is 0 Å². The van der Waals surface area contributed by atoms with Crippen LogP contribution in [0.2, 0.25) is 0 Å². The first-order valence-corrected chi connectivity index (χ1v) is 5.27. The van der Waals surface area contributed by atoms with E-state index in [1.807, 2.05) is 0 Å². The maximum absolute atomic E-state index is 11.1. The summed E-state index contributed by atoms with van der Waals surface area (Å²) in [4.78, 5) is 3.93. The predicted molar refractivity (Wildman–Crippen MR) is 44.0 cm³/mol. The average molecular weight is 208 g/mol. The molecule has 1 aromatic heterocycles. The summed E-state index contributed by atoms with van der Waals surface area (Å²) in [5.74, 6) is 4.61. The third-order valence-corrected chi connectivity index (χ3v) is 3.95. The van der Waals surface area contributed by atoms with E-state index in [4.69, 9.17) is 0 Å². The van der Waals surface area contributed by atoms with Crippen molar-refractivity contribution < 1.29 is 12.7 Å². The molecule has 0 amide bonds. The Hall–Kier alpha value is -0.500. The molecule has 0 fully saturated rings. The van der Waals surface area contributed by atoms with E-state index in [9.17, 15) is 8.42 Å². The van der Waals surface area contributed by atoms with Crippen LogP contribution in [0.1, 0.15) is 10.7 Å². The Kier molecular flexibility index (Phi) is 2.47. The lowest BCUT2D eigenvalue weighted by molar-refractivity contribution is 0.334. The minimum atomic E-state index is -3.77. The lowest BCUT2D eigenvalue weighted by atomic mass is 10.6. The molecule has 0 spiro atoms. The van der Waals surface area contributed by atoms with Crippen LogP contribution in [-0.2, 0) is 14.4 Å². The lowest BCUT2D eigenvalue weighted by Crippen LogP contribution is -2.10. The van der Waals surface area contributed by atoms with Crippen molar-refractivity contribution in [3.8, 4) is 0 Å². The monoisotopic (exact) mass is 208 g/mol. The van der Waals surface area contributed by atoms with Gasteiger partial charge in [0.05, 0.1) is 10.7 Å². The Bertz CT molecular complexity index is 381. The van der Waals surface area contributed by atoms with Crippen molar-refractivity contribution in [3.63, 3.8) is 0 Å². The van der Waals surface area contributed by atoms with E-state index in [1.54, 1.807) is 13.8 Å². The molecule has 12 heavy (non-hydrogen) atoms. The van der Waals surface area contributed by atoms with E-state index >= 15 is 0 Å². The Balaban J connectivity index is 3.29. The molecule has 0 aliphatic carbocycles. The summed E-state index contributed by atoms with van der Waals surface area (Å²) in [6.07, 6.45) is 0. The zero-order valence-corrected chi connectivity index (χ0v) is 8.20. The number of hydrogen-bond acceptors (Lipinski definition) is 6. The fourth-order valence-corrected chi connectivity index (χ4v) is 2.82. The van der Waals surface area contributed by atoms with Gasteiger partial charge in [0.25, 0.3) is 0 Å². The fraction of sp³-hybridized carbons (Fsp3) is 0.400. The molecule has 7 heteroatoms. The van der Waals surface area contributed by atoms with E-state index < -0.39 is 10.1 Å². The van der Waals surface area contributed by atoms with E-state index in [-0.39, 0.29) is 4.21 Å². The van der Waals surface area contributed by atoms with Gasteiger partial charge in [0.15, 0.2) is 4.21 Å². The standard InChI is InChI=1S/C5H8N2O3S2/c1-3-5(11-4(2)7-3)12(8,9)10-6/h6H2,1-2H3. The molecular formula is C5H8N2O3S2. The molecule has 0 aromatic carbocycles. The molecule has 0 saturated carbocycles. The van der Waals surface area contributed by atoms with Crippen LogP contribution in [0.25, 0.3) is 0 Å². The largest absolute Gasteiger partial charge is 0.324 e. The molecule has 68 valence electrons. The van der Waals surface area contributed by atoms with E-state index in [1.165, 1.54) is 0 Å². The van der Waals surface area contributed by atoms with Gasteiger partial charge in [-0.25, -0.2) is 4.98 Å². The number of aryl methyl sites for hydroxylation is 2. The van der Waals surface area contributed by atoms with Gasteiger partial charge in [-0.15, -0.1) is 11.3 Å². The molecule has 0 bridgehead atoms. The van der Waals surface area contributed by atoms with Gasteiger partial charge in [-0.2, -0.15) is 18.6 Å². The lowest BCUT2D eigenvalue weighted by Gasteiger charge is -1.95. The molecular weight excluding hydrogens is 200 g/mol. The van der Waals surface area contributed by atoms with Crippen LogP contribution in [0.5, 0.6) is 0 Å². The van der Waals surface area contributed by atoms with Crippen LogP contribution in [0, 0.1) is 13.8 Å². The van der Waals surface area contributed by atoms with Crippen LogP contribution < -0.4 is 5.90 Å². The highest BCUT2D eigenvalue weighted by molar-refractivity contribution is 7.89. The van der Waals surface area contributed by atoms with Gasteiger partial charge in [0.2, 0.25) is 0 Å². The second kappa shape index (κ2) is 3.09. The summed E-state index contributed by atoms with van der Waals surface area (Å²) in [5, 5.41) is 0.670. The van der Waals surface area contributed by atoms with Crippen molar-refractivity contribution in [2.24, 2.45) is 5.90 Å². The van der Waals surface area contributed by atoms with Gasteiger partial charge < -0.3 is 0 Å². The first kappa shape index (κ1) is 9.59. The Morgan fingerprint density at radius 1 is 1.50 bits per heavy atom. The molecule has 0 atom stereocenters. The highest BCUT2D eigenvalue weighted by Crippen LogP contribution is 2.23. The zero-order valence-electron chi connectivity index (χ0n) is 6.57. The van der Waals surface area contributed by atoms with Crippen molar-refractivity contribution >= 4 is 21.5 Å². The van der Waals surface area contributed by atoms with Crippen molar-refractivity contribution in [3.05, 3.63) is 10.7 Å². The number of aromatic nitrogens is 1. The molecule has 1 rings (SSSR count). The van der Waals surface area contributed by atoms with E-state index in [2.05, 4.69) is 15.2 Å². The van der Waals surface area contributed by atoms with Gasteiger partial charge in [0.1, 0.15) is 0 Å². The number of thiazole rings is 1. The average Bonchev–Trinajstić information content (AvgIpc) is 2.31. The van der Waals surface area contributed by atoms with E-state index in [0.717, 1.165) is 11.3 Å². The molecule has 0 unspecified atom stereocenters. The molecule has 0 aliphatic heterocycles. The number of hydrogen-bond donors (Lipinski definition) is 1. The second-order valence-corrected chi connectivity index (χ2v) is 5.13. The number of nitrogens with two attached hydrogens (primary N) is 1. The third-order valence-electron chi connectivity index (χ3n) is 1.21. The Morgan fingerprint density at radius 2 is 2.08 bits per heavy atom. The highest BCUT2D eigenvalue weighted by atomic mass is 32.3. The van der Waals surface area contributed by atoms with Crippen LogP contribution in [0.4, 0.5) is 0 Å². The Labute approximate surface area is 74.3 Å². The van der Waals surface area contributed by atoms with Crippen molar-refractivity contribution in [2.45, 2.75) is 18.1 Å². The molecule has 0 radical (unpaired) electrons. The van der Waals surface area contributed by atoms with Gasteiger partial charge in [-0.05, 0) is 13.8 Å². The van der Waals surface area contributed by atoms with Crippen molar-refractivity contribution in [1.29, 1.82) is 0 Å². The molecule has 2 N–H and O–H groups in total. The van der Waals surface area contributed by atoms with Crippen LogP contribution >= 0.6 is 11.3 Å². The van der Waals surface area contributed by atoms with Crippen molar-refractivity contribution in [1.82, 2.24) is 4.98 Å². The predicted octanol–water partition coefficient (Wildman–Crippen LogP) is 0.339. The quantitative estimate of drug-likeness (QED) is 0.708. The van der Waals surface area contributed by atoms with Crippen molar-refractivity contribution in [2.75, 3.05) is 0 Å². The third kappa shape index (κ3) is 1.63. The maximum Gasteiger partial charge on any atom is 0.324 e. The minimum Gasteiger partial charge on any atom is -0.245 e. The number of rotatable bonds is 2. The van der Waals surface area contributed by atoms with Crippen LogP contribution in [0.3, 0.4) is 0 Å². The van der Waals surface area contributed by atoms with E-state index in [0.29, 0.717) is 10.7 Å². The summed E-state index contributed by atoms with van der Waals surface area (Å²) >= 11 is 1.04. The summed E-state index contributed by atoms with van der Waals surface area (Å²) in [7, 11) is -3.77. The van der Waals surface area contributed by atoms with Crippen LogP contribution in [0.15, 0.2) is 4.21 Å². The van der Waals surface area contributed by atoms with Gasteiger partial charge >= 0.3 is 10.1 Å². The highest BCUT2D eigenvalue weighted by Gasteiger charge is 2.20. The molecule has 5 nitrogen and oxygen atoms in total. The summed E-state index contributed by atoms with van der Waals surface area (Å²) in [6.45, 7) is 3.31. The summed E-state index contributed by atoms with van der Waals surface area (Å²) < 4.78 is 26.0. The van der Waals surface area contributed by atoms with Gasteiger partial charge in [-0.1, -0.05) is 0 Å². The SMILES string of the molecule is Cc1nc(C)c(S(=O)(=O)ON)s1. The summed E-state index contributed by atoms with van der Waals surface area (Å²) in [6, 6.07) is 0. The smallest absolute Gasteiger partial charge is 0.245 e. The summed E-state index contributed by atoms with van der Waals surface area (Å²) in [5.41, 5.74) is 0.419. The first-order valence-electron chi connectivity index (χ1n) is 3.05. The second-order valence-electron chi connectivity index (χ2n) is 2.16. The molecule has 0 saturated heterocycles. The minimum absolute atomic E-state index is 0.0718. The zero-order chi connectivity index (χ0) is 9.35. The topological polar surface area (TPSA) is 82.3 Å². The maximum atomic E-state index is 11.1. The molecule has 1 heterocycles. The molecule has 0 aliphatic rings. The first-order chi connectivity index (χ1) is 5.47. The normalized spacial score (nSPS) is 11.9.